The number of hydrogen-bond acceptors (Lipinski definition) is 1. The van der Waals surface area contributed by atoms with Gasteiger partial charge in [0.15, 0.2) is 0 Å². The molecule has 2 aromatic rings. The van der Waals surface area contributed by atoms with Crippen LogP contribution in [0.4, 0.5) is 17.6 Å². The van der Waals surface area contributed by atoms with Crippen molar-refractivity contribution >= 4 is 5.78 Å². The van der Waals surface area contributed by atoms with E-state index < -0.39 is 29.1 Å². The highest BCUT2D eigenvalue weighted by atomic mass is 19.1. The Kier molecular flexibility index (Phi) is 4.17. The zero-order valence-electron chi connectivity index (χ0n) is 10.3. The summed E-state index contributed by atoms with van der Waals surface area (Å²) in [7, 11) is 0. The lowest BCUT2D eigenvalue weighted by atomic mass is 10.0. The van der Waals surface area contributed by atoms with Gasteiger partial charge >= 0.3 is 0 Å². The first kappa shape index (κ1) is 14.2. The van der Waals surface area contributed by atoms with E-state index in [2.05, 4.69) is 0 Å². The monoisotopic (exact) mass is 282 g/mol. The van der Waals surface area contributed by atoms with E-state index in [0.717, 1.165) is 18.2 Å². The minimum absolute atomic E-state index is 0.0493. The molecule has 0 heterocycles. The Morgan fingerprint density at radius 3 is 2.05 bits per heavy atom. The number of benzene rings is 2. The molecule has 0 aliphatic heterocycles. The van der Waals surface area contributed by atoms with Crippen molar-refractivity contribution in [2.24, 2.45) is 0 Å². The molecule has 0 aliphatic carbocycles. The number of halogens is 4. The van der Waals surface area contributed by atoms with E-state index in [1.54, 1.807) is 0 Å². The van der Waals surface area contributed by atoms with Crippen LogP contribution in [0.15, 0.2) is 36.4 Å². The number of hydrogen-bond donors (Lipinski definition) is 0. The number of carbonyl (C=O) groups is 1. The van der Waals surface area contributed by atoms with Gasteiger partial charge in [0.2, 0.25) is 0 Å². The van der Waals surface area contributed by atoms with Crippen LogP contribution < -0.4 is 0 Å². The van der Waals surface area contributed by atoms with Gasteiger partial charge in [0.25, 0.3) is 0 Å². The predicted octanol–water partition coefficient (Wildman–Crippen LogP) is 3.60. The molecule has 0 saturated heterocycles. The maximum Gasteiger partial charge on any atom is 0.141 e. The van der Waals surface area contributed by atoms with Crippen molar-refractivity contribution < 1.29 is 22.4 Å². The second kappa shape index (κ2) is 5.86. The van der Waals surface area contributed by atoms with Gasteiger partial charge in [0.05, 0.1) is 0 Å². The van der Waals surface area contributed by atoms with E-state index in [-0.39, 0.29) is 24.0 Å². The quantitative estimate of drug-likeness (QED) is 0.783. The largest absolute Gasteiger partial charge is 0.299 e. The van der Waals surface area contributed by atoms with Gasteiger partial charge in [0.1, 0.15) is 29.1 Å². The van der Waals surface area contributed by atoms with Gasteiger partial charge in [-0.05, 0) is 29.3 Å². The minimum atomic E-state index is -0.816. The van der Waals surface area contributed by atoms with Gasteiger partial charge in [0, 0.05) is 25.0 Å². The normalized spacial score (nSPS) is 10.6. The van der Waals surface area contributed by atoms with Crippen LogP contribution in [0, 0.1) is 23.3 Å². The average molecular weight is 282 g/mol. The van der Waals surface area contributed by atoms with Crippen molar-refractivity contribution in [3.05, 3.63) is 70.8 Å². The molecule has 0 unspecified atom stereocenters. The molecule has 0 saturated carbocycles. The van der Waals surface area contributed by atoms with Crippen LogP contribution in [0.1, 0.15) is 11.1 Å². The molecule has 0 spiro atoms. The highest BCUT2D eigenvalue weighted by Gasteiger charge is 2.11. The zero-order chi connectivity index (χ0) is 14.7. The Hall–Kier alpha value is -2.17. The van der Waals surface area contributed by atoms with Crippen molar-refractivity contribution in [3.8, 4) is 0 Å². The molecule has 0 atom stereocenters. The van der Waals surface area contributed by atoms with Gasteiger partial charge in [-0.15, -0.1) is 0 Å². The molecular weight excluding hydrogens is 272 g/mol. The Morgan fingerprint density at radius 1 is 0.800 bits per heavy atom. The second-order valence-corrected chi connectivity index (χ2v) is 4.41. The summed E-state index contributed by atoms with van der Waals surface area (Å²) in [6.07, 6.45) is -0.476. The summed E-state index contributed by atoms with van der Waals surface area (Å²) >= 11 is 0. The van der Waals surface area contributed by atoms with Crippen molar-refractivity contribution in [2.45, 2.75) is 12.8 Å². The smallest absolute Gasteiger partial charge is 0.141 e. The highest BCUT2D eigenvalue weighted by Crippen LogP contribution is 2.13. The highest BCUT2D eigenvalue weighted by molar-refractivity contribution is 5.83. The van der Waals surface area contributed by atoms with E-state index in [1.807, 2.05) is 0 Å². The number of ketones is 1. The maximum absolute atomic E-state index is 13.4. The molecule has 0 aromatic heterocycles. The molecule has 2 aromatic carbocycles. The molecule has 0 N–H and O–H groups in total. The molecule has 2 rings (SSSR count). The fourth-order valence-electron chi connectivity index (χ4n) is 1.88. The fraction of sp³-hybridized carbons (Fsp3) is 0.133. The topological polar surface area (TPSA) is 17.1 Å². The van der Waals surface area contributed by atoms with E-state index >= 15 is 0 Å². The summed E-state index contributed by atoms with van der Waals surface area (Å²) in [6.45, 7) is 0. The molecule has 0 amide bonds. The molecule has 104 valence electrons. The van der Waals surface area contributed by atoms with E-state index in [0.29, 0.717) is 12.1 Å². The van der Waals surface area contributed by atoms with Crippen LogP contribution in [0.5, 0.6) is 0 Å². The summed E-state index contributed by atoms with van der Waals surface area (Å²) in [5, 5.41) is 0. The Bertz CT molecular complexity index is 632. The van der Waals surface area contributed by atoms with E-state index in [4.69, 9.17) is 0 Å². The van der Waals surface area contributed by atoms with Crippen LogP contribution in [0.25, 0.3) is 0 Å². The van der Waals surface area contributed by atoms with Gasteiger partial charge in [-0.1, -0.05) is 6.07 Å². The average Bonchev–Trinajstić information content (AvgIpc) is 2.31. The third kappa shape index (κ3) is 3.66. The summed E-state index contributed by atoms with van der Waals surface area (Å²) in [6, 6.07) is 5.70. The van der Waals surface area contributed by atoms with Crippen molar-refractivity contribution in [1.82, 2.24) is 0 Å². The first-order valence-corrected chi connectivity index (χ1v) is 5.84. The van der Waals surface area contributed by atoms with Crippen LogP contribution >= 0.6 is 0 Å². The third-order valence-corrected chi connectivity index (χ3v) is 2.73. The van der Waals surface area contributed by atoms with Gasteiger partial charge < -0.3 is 0 Å². The number of Topliss-reactive ketones (excluding diaryl/α,β-unsaturated/α-hetero) is 1. The Balaban J connectivity index is 2.09. The van der Waals surface area contributed by atoms with Gasteiger partial charge in [-0.3, -0.25) is 4.79 Å². The van der Waals surface area contributed by atoms with Crippen molar-refractivity contribution in [3.63, 3.8) is 0 Å². The summed E-state index contributed by atoms with van der Waals surface area (Å²) in [4.78, 5) is 11.7. The minimum Gasteiger partial charge on any atom is -0.299 e. The molecule has 1 nitrogen and oxygen atoms in total. The van der Waals surface area contributed by atoms with Crippen molar-refractivity contribution in [1.29, 1.82) is 0 Å². The van der Waals surface area contributed by atoms with Crippen LogP contribution in [0.3, 0.4) is 0 Å². The molecule has 0 aliphatic rings. The standard InChI is InChI=1S/C15H10F4O/c16-11-2-1-10(15(19)8-11)6-14(20)5-9-3-12(17)7-13(18)4-9/h1-4,7-8H,5-6H2. The lowest BCUT2D eigenvalue weighted by molar-refractivity contribution is -0.117. The predicted molar refractivity (Wildman–Crippen MR) is 65.1 cm³/mol. The number of rotatable bonds is 4. The first-order valence-electron chi connectivity index (χ1n) is 5.84. The molecule has 0 fully saturated rings. The summed E-state index contributed by atoms with van der Waals surface area (Å²) in [5.74, 6) is -3.52. The fourth-order valence-corrected chi connectivity index (χ4v) is 1.88. The summed E-state index contributed by atoms with van der Waals surface area (Å²) < 4.78 is 52.0. The lowest BCUT2D eigenvalue weighted by Gasteiger charge is -2.04. The first-order chi connectivity index (χ1) is 9.44. The Labute approximate surface area is 112 Å². The molecule has 0 radical (unpaired) electrons. The van der Waals surface area contributed by atoms with E-state index in [9.17, 15) is 22.4 Å². The molecular formula is C15H10F4O. The van der Waals surface area contributed by atoms with Crippen LogP contribution in [0.2, 0.25) is 0 Å². The maximum atomic E-state index is 13.4. The van der Waals surface area contributed by atoms with Crippen molar-refractivity contribution in [2.75, 3.05) is 0 Å². The third-order valence-electron chi connectivity index (χ3n) is 2.73. The number of carbonyl (C=O) groups excluding carboxylic acids is 1. The van der Waals surface area contributed by atoms with Crippen LogP contribution in [-0.4, -0.2) is 5.78 Å². The molecule has 5 heteroatoms. The lowest BCUT2D eigenvalue weighted by Crippen LogP contribution is -2.08. The second-order valence-electron chi connectivity index (χ2n) is 4.41. The van der Waals surface area contributed by atoms with Gasteiger partial charge in [-0.2, -0.15) is 0 Å². The molecule has 20 heavy (non-hydrogen) atoms. The van der Waals surface area contributed by atoms with E-state index in [1.165, 1.54) is 6.07 Å². The SMILES string of the molecule is O=C(Cc1cc(F)cc(F)c1)Cc1ccc(F)cc1F. The zero-order valence-corrected chi connectivity index (χ0v) is 10.3. The van der Waals surface area contributed by atoms with Gasteiger partial charge in [-0.25, -0.2) is 17.6 Å². The Morgan fingerprint density at radius 2 is 1.45 bits per heavy atom. The molecule has 0 bridgehead atoms. The summed E-state index contributed by atoms with van der Waals surface area (Å²) in [5.41, 5.74) is 0.225. The van der Waals surface area contributed by atoms with Crippen LogP contribution in [-0.2, 0) is 17.6 Å².